The molecule has 0 aliphatic rings. The molecule has 0 radical (unpaired) electrons. The molecular weight excluding hydrogens is 280 g/mol. The second-order valence-electron chi connectivity index (χ2n) is 5.68. The van der Waals surface area contributed by atoms with Gasteiger partial charge in [-0.15, -0.1) is 11.3 Å². The van der Waals surface area contributed by atoms with E-state index in [1.807, 2.05) is 6.92 Å². The maximum atomic E-state index is 4.62. The number of thiazole rings is 1. The molecular formula is C16H30N4S. The quantitative estimate of drug-likeness (QED) is 0.418. The molecule has 4 nitrogen and oxygen atoms in total. The number of aliphatic imine (C=N–C) groups is 1. The third-order valence-corrected chi connectivity index (χ3v) is 3.97. The summed E-state index contributed by atoms with van der Waals surface area (Å²) in [5, 5.41) is 9.94. The zero-order valence-electron chi connectivity index (χ0n) is 13.9. The lowest BCUT2D eigenvalue weighted by Gasteiger charge is -2.10. The van der Waals surface area contributed by atoms with E-state index in [0.717, 1.165) is 48.6 Å². The number of unbranched alkanes of at least 4 members (excludes halogenated alkanes) is 1. The van der Waals surface area contributed by atoms with Crippen molar-refractivity contribution in [1.29, 1.82) is 0 Å². The van der Waals surface area contributed by atoms with Crippen LogP contribution in [-0.4, -0.2) is 30.6 Å². The highest BCUT2D eigenvalue weighted by molar-refractivity contribution is 7.09. The van der Waals surface area contributed by atoms with Gasteiger partial charge in [0.25, 0.3) is 0 Å². The Kier molecular flexibility index (Phi) is 9.06. The summed E-state index contributed by atoms with van der Waals surface area (Å²) in [5.74, 6) is 1.72. The van der Waals surface area contributed by atoms with Gasteiger partial charge in [-0.3, -0.25) is 4.99 Å². The first-order chi connectivity index (χ1) is 10.1. The molecule has 5 heteroatoms. The minimum atomic E-state index is 0.793. The average Bonchev–Trinajstić information content (AvgIpc) is 2.83. The van der Waals surface area contributed by atoms with Gasteiger partial charge in [-0.2, -0.15) is 0 Å². The van der Waals surface area contributed by atoms with Crippen molar-refractivity contribution in [3.05, 3.63) is 16.1 Å². The van der Waals surface area contributed by atoms with Crippen LogP contribution in [0.25, 0.3) is 0 Å². The van der Waals surface area contributed by atoms with E-state index in [0.29, 0.717) is 0 Å². The fourth-order valence-corrected chi connectivity index (χ4v) is 2.68. The Hall–Kier alpha value is -1.10. The Bertz CT molecular complexity index is 412. The molecule has 0 aliphatic heterocycles. The highest BCUT2D eigenvalue weighted by Gasteiger charge is 2.00. The molecule has 0 bridgehead atoms. The summed E-state index contributed by atoms with van der Waals surface area (Å²) >= 11 is 1.71. The van der Waals surface area contributed by atoms with Gasteiger partial charge in [0.2, 0.25) is 0 Å². The van der Waals surface area contributed by atoms with Gasteiger partial charge in [0.05, 0.1) is 10.7 Å². The van der Waals surface area contributed by atoms with Crippen molar-refractivity contribution in [2.45, 2.75) is 53.4 Å². The van der Waals surface area contributed by atoms with Crippen LogP contribution in [0.5, 0.6) is 0 Å². The summed E-state index contributed by atoms with van der Waals surface area (Å²) < 4.78 is 0. The lowest BCUT2D eigenvalue weighted by molar-refractivity contribution is 0.541. The topological polar surface area (TPSA) is 49.3 Å². The van der Waals surface area contributed by atoms with E-state index in [4.69, 9.17) is 0 Å². The molecule has 1 aromatic heterocycles. The highest BCUT2D eigenvalue weighted by atomic mass is 32.1. The number of hydrogen-bond donors (Lipinski definition) is 2. The number of hydrogen-bond acceptors (Lipinski definition) is 3. The summed E-state index contributed by atoms with van der Waals surface area (Å²) in [6.45, 7) is 11.4. The molecule has 0 amide bonds. The molecule has 2 N–H and O–H groups in total. The van der Waals surface area contributed by atoms with E-state index < -0.39 is 0 Å². The van der Waals surface area contributed by atoms with Gasteiger partial charge in [0.1, 0.15) is 0 Å². The van der Waals surface area contributed by atoms with E-state index in [-0.39, 0.29) is 0 Å². The number of nitrogens with one attached hydrogen (secondary N) is 2. The Labute approximate surface area is 133 Å². The fraction of sp³-hybridized carbons (Fsp3) is 0.750. The lowest BCUT2D eigenvalue weighted by atomic mass is 10.1. The highest BCUT2D eigenvalue weighted by Crippen LogP contribution is 2.08. The predicted octanol–water partition coefficient (Wildman–Crippen LogP) is 3.38. The molecule has 0 aromatic carbocycles. The maximum Gasteiger partial charge on any atom is 0.191 e. The molecule has 0 spiro atoms. The molecule has 0 aliphatic carbocycles. The smallest absolute Gasteiger partial charge is 0.191 e. The molecule has 1 heterocycles. The minimum absolute atomic E-state index is 0.793. The van der Waals surface area contributed by atoms with Crippen LogP contribution in [0.1, 0.15) is 50.7 Å². The molecule has 1 aromatic rings. The number of nitrogens with zero attached hydrogens (tertiary/aromatic N) is 2. The molecule has 1 rings (SSSR count). The van der Waals surface area contributed by atoms with Crippen molar-refractivity contribution >= 4 is 17.3 Å². The molecule has 21 heavy (non-hydrogen) atoms. The molecule has 0 unspecified atom stereocenters. The lowest BCUT2D eigenvalue weighted by Crippen LogP contribution is -2.38. The van der Waals surface area contributed by atoms with Crippen molar-refractivity contribution in [3.63, 3.8) is 0 Å². The van der Waals surface area contributed by atoms with Gasteiger partial charge in [-0.25, -0.2) is 4.98 Å². The van der Waals surface area contributed by atoms with Gasteiger partial charge >= 0.3 is 0 Å². The molecule has 0 saturated heterocycles. The Morgan fingerprint density at radius 3 is 2.76 bits per heavy atom. The van der Waals surface area contributed by atoms with Crippen LogP contribution >= 0.6 is 11.3 Å². The van der Waals surface area contributed by atoms with Gasteiger partial charge in [0.15, 0.2) is 5.96 Å². The molecule has 0 atom stereocenters. The van der Waals surface area contributed by atoms with Crippen molar-refractivity contribution in [2.75, 3.05) is 19.6 Å². The summed E-state index contributed by atoms with van der Waals surface area (Å²) in [7, 11) is 0. The Morgan fingerprint density at radius 2 is 2.14 bits per heavy atom. The third-order valence-electron chi connectivity index (χ3n) is 3.14. The second kappa shape index (κ2) is 10.6. The summed E-state index contributed by atoms with van der Waals surface area (Å²) in [5.41, 5.74) is 1.16. The van der Waals surface area contributed by atoms with Crippen molar-refractivity contribution in [1.82, 2.24) is 15.6 Å². The second-order valence-corrected chi connectivity index (χ2v) is 6.75. The van der Waals surface area contributed by atoms with Crippen LogP contribution in [0.3, 0.4) is 0 Å². The first-order valence-electron chi connectivity index (χ1n) is 8.05. The van der Waals surface area contributed by atoms with Gasteiger partial charge in [-0.1, -0.05) is 26.7 Å². The standard InChI is InChI=1S/C16H30N4S/c1-5-17-16(18-10-7-6-8-13(2)3)19-11-9-15-12-21-14(4)20-15/h12-13H,5-11H2,1-4H3,(H2,17,18,19). The normalized spacial score (nSPS) is 12.0. The number of rotatable bonds is 9. The van der Waals surface area contributed by atoms with Crippen molar-refractivity contribution < 1.29 is 0 Å². The van der Waals surface area contributed by atoms with E-state index in [1.165, 1.54) is 19.3 Å². The third kappa shape index (κ3) is 8.71. The summed E-state index contributed by atoms with van der Waals surface area (Å²) in [6.07, 6.45) is 4.67. The zero-order valence-corrected chi connectivity index (χ0v) is 14.7. The molecule has 0 saturated carbocycles. The van der Waals surface area contributed by atoms with E-state index >= 15 is 0 Å². The molecule has 0 fully saturated rings. The largest absolute Gasteiger partial charge is 0.357 e. The van der Waals surface area contributed by atoms with Crippen LogP contribution < -0.4 is 10.6 Å². The van der Waals surface area contributed by atoms with Gasteiger partial charge < -0.3 is 10.6 Å². The van der Waals surface area contributed by atoms with Gasteiger partial charge in [0, 0.05) is 31.4 Å². The van der Waals surface area contributed by atoms with E-state index in [1.54, 1.807) is 11.3 Å². The number of aromatic nitrogens is 1. The monoisotopic (exact) mass is 310 g/mol. The summed E-state index contributed by atoms with van der Waals surface area (Å²) in [6, 6.07) is 0. The minimum Gasteiger partial charge on any atom is -0.357 e. The number of guanidine groups is 1. The first-order valence-corrected chi connectivity index (χ1v) is 8.93. The summed E-state index contributed by atoms with van der Waals surface area (Å²) in [4.78, 5) is 9.10. The van der Waals surface area contributed by atoms with E-state index in [2.05, 4.69) is 46.8 Å². The number of aryl methyl sites for hydroxylation is 1. The average molecular weight is 311 g/mol. The maximum absolute atomic E-state index is 4.62. The predicted molar refractivity (Wildman–Crippen MR) is 93.2 cm³/mol. The van der Waals surface area contributed by atoms with E-state index in [9.17, 15) is 0 Å². The van der Waals surface area contributed by atoms with Crippen LogP contribution in [0.15, 0.2) is 10.4 Å². The van der Waals surface area contributed by atoms with Crippen LogP contribution in [0, 0.1) is 12.8 Å². The van der Waals surface area contributed by atoms with Crippen molar-refractivity contribution in [3.8, 4) is 0 Å². The SMILES string of the molecule is CCNC(=NCCCCC(C)C)NCCc1csc(C)n1. The zero-order chi connectivity index (χ0) is 15.5. The van der Waals surface area contributed by atoms with Gasteiger partial charge in [-0.05, 0) is 26.2 Å². The molecule has 120 valence electrons. The Morgan fingerprint density at radius 1 is 1.33 bits per heavy atom. The van der Waals surface area contributed by atoms with Crippen molar-refractivity contribution in [2.24, 2.45) is 10.9 Å². The Balaban J connectivity index is 2.24. The fourth-order valence-electron chi connectivity index (χ4n) is 2.03. The van der Waals surface area contributed by atoms with Crippen LogP contribution in [-0.2, 0) is 6.42 Å². The van der Waals surface area contributed by atoms with Crippen LogP contribution in [0.4, 0.5) is 0 Å². The first kappa shape index (κ1) is 18.0. The van der Waals surface area contributed by atoms with Crippen LogP contribution in [0.2, 0.25) is 0 Å².